The maximum Gasteiger partial charge on any atom is 0.138 e. The lowest BCUT2D eigenvalue weighted by molar-refractivity contribution is 0.0736. The summed E-state index contributed by atoms with van der Waals surface area (Å²) in [5, 5.41) is 9.85. The summed E-state index contributed by atoms with van der Waals surface area (Å²) in [7, 11) is 0. The summed E-state index contributed by atoms with van der Waals surface area (Å²) in [4.78, 5) is 2.20. The van der Waals surface area contributed by atoms with Crippen LogP contribution in [-0.4, -0.2) is 41.8 Å². The van der Waals surface area contributed by atoms with Gasteiger partial charge in [0, 0.05) is 13.1 Å². The predicted octanol–water partition coefficient (Wildman–Crippen LogP) is 1.44. The second-order valence-electron chi connectivity index (χ2n) is 4.39. The van der Waals surface area contributed by atoms with E-state index >= 15 is 0 Å². The van der Waals surface area contributed by atoms with Crippen molar-refractivity contribution in [1.29, 1.82) is 0 Å². The minimum absolute atomic E-state index is 0.0956. The van der Waals surface area contributed by atoms with E-state index in [2.05, 4.69) is 11.8 Å². The number of likely N-dealkylation sites (tertiary alicyclic amines) is 1. The SMILES string of the molecule is CCN1C[C@H](Oc2cccc(C)c2)[C@@H](O)C1. The highest BCUT2D eigenvalue weighted by Gasteiger charge is 2.31. The van der Waals surface area contributed by atoms with E-state index < -0.39 is 0 Å². The number of β-amino-alcohol motifs (C(OH)–C–C–N with tert-alkyl or cyclic N) is 1. The minimum atomic E-state index is -0.375. The molecule has 1 aromatic carbocycles. The molecule has 0 spiro atoms. The van der Waals surface area contributed by atoms with Gasteiger partial charge in [-0.05, 0) is 31.2 Å². The normalized spacial score (nSPS) is 25.9. The van der Waals surface area contributed by atoms with E-state index in [0.29, 0.717) is 6.54 Å². The van der Waals surface area contributed by atoms with Gasteiger partial charge in [0.1, 0.15) is 18.0 Å². The Hall–Kier alpha value is -1.06. The molecule has 0 radical (unpaired) electrons. The number of hydrogen-bond acceptors (Lipinski definition) is 3. The van der Waals surface area contributed by atoms with Crippen LogP contribution in [0.25, 0.3) is 0 Å². The second-order valence-corrected chi connectivity index (χ2v) is 4.39. The van der Waals surface area contributed by atoms with E-state index in [1.807, 2.05) is 31.2 Å². The Balaban J connectivity index is 2.00. The van der Waals surface area contributed by atoms with E-state index in [0.717, 1.165) is 18.8 Å². The maximum atomic E-state index is 9.85. The quantitative estimate of drug-likeness (QED) is 0.838. The van der Waals surface area contributed by atoms with Crippen LogP contribution in [0.15, 0.2) is 24.3 Å². The largest absolute Gasteiger partial charge is 0.486 e. The van der Waals surface area contributed by atoms with E-state index in [1.54, 1.807) is 0 Å². The monoisotopic (exact) mass is 221 g/mol. The predicted molar refractivity (Wildman–Crippen MR) is 63.7 cm³/mol. The number of nitrogens with zero attached hydrogens (tertiary/aromatic N) is 1. The van der Waals surface area contributed by atoms with Gasteiger partial charge in [-0.3, -0.25) is 4.90 Å². The maximum absolute atomic E-state index is 9.85. The average molecular weight is 221 g/mol. The molecule has 0 unspecified atom stereocenters. The Morgan fingerprint density at radius 1 is 1.44 bits per heavy atom. The fourth-order valence-electron chi connectivity index (χ4n) is 2.07. The number of hydrogen-bond donors (Lipinski definition) is 1. The van der Waals surface area contributed by atoms with Gasteiger partial charge in [0.2, 0.25) is 0 Å². The van der Waals surface area contributed by atoms with Crippen LogP contribution >= 0.6 is 0 Å². The summed E-state index contributed by atoms with van der Waals surface area (Å²) in [5.74, 6) is 0.849. The zero-order valence-electron chi connectivity index (χ0n) is 9.89. The summed E-state index contributed by atoms with van der Waals surface area (Å²) in [6.07, 6.45) is -0.470. The molecule has 3 nitrogen and oxygen atoms in total. The first kappa shape index (κ1) is 11.4. The highest BCUT2D eigenvalue weighted by Crippen LogP contribution is 2.19. The van der Waals surface area contributed by atoms with Gasteiger partial charge in [0.15, 0.2) is 0 Å². The Labute approximate surface area is 96.6 Å². The Kier molecular flexibility index (Phi) is 3.46. The van der Waals surface area contributed by atoms with Crippen molar-refractivity contribution in [2.45, 2.75) is 26.1 Å². The van der Waals surface area contributed by atoms with Crippen molar-refractivity contribution in [2.75, 3.05) is 19.6 Å². The van der Waals surface area contributed by atoms with Crippen LogP contribution in [0.2, 0.25) is 0 Å². The molecule has 1 fully saturated rings. The standard InChI is InChI=1S/C13H19NO2/c1-3-14-8-12(15)13(9-14)16-11-6-4-5-10(2)7-11/h4-7,12-13,15H,3,8-9H2,1-2H3/t12-,13-/m0/s1. The minimum Gasteiger partial charge on any atom is -0.486 e. The van der Waals surface area contributed by atoms with Crippen LogP contribution in [0.4, 0.5) is 0 Å². The molecule has 1 saturated heterocycles. The smallest absolute Gasteiger partial charge is 0.138 e. The first-order valence-corrected chi connectivity index (χ1v) is 5.83. The van der Waals surface area contributed by atoms with Gasteiger partial charge < -0.3 is 9.84 Å². The number of ether oxygens (including phenoxy) is 1. The van der Waals surface area contributed by atoms with E-state index in [9.17, 15) is 5.11 Å². The van der Waals surface area contributed by atoms with Gasteiger partial charge in [-0.15, -0.1) is 0 Å². The number of aryl methyl sites for hydroxylation is 1. The molecule has 1 aromatic rings. The molecule has 0 aromatic heterocycles. The fraction of sp³-hybridized carbons (Fsp3) is 0.538. The molecule has 0 aliphatic carbocycles. The first-order chi connectivity index (χ1) is 7.69. The molecule has 2 atom stereocenters. The number of likely N-dealkylation sites (N-methyl/N-ethyl adjacent to an activating group) is 1. The molecule has 88 valence electrons. The molecule has 2 rings (SSSR count). The molecule has 1 heterocycles. The Morgan fingerprint density at radius 3 is 2.88 bits per heavy atom. The first-order valence-electron chi connectivity index (χ1n) is 5.83. The molecule has 0 amide bonds. The lowest BCUT2D eigenvalue weighted by Gasteiger charge is -2.16. The third-order valence-electron chi connectivity index (χ3n) is 3.04. The number of aliphatic hydroxyl groups is 1. The van der Waals surface area contributed by atoms with Crippen LogP contribution in [0.3, 0.4) is 0 Å². The second kappa shape index (κ2) is 4.85. The van der Waals surface area contributed by atoms with Gasteiger partial charge in [-0.25, -0.2) is 0 Å². The zero-order valence-corrected chi connectivity index (χ0v) is 9.89. The molecule has 3 heteroatoms. The number of benzene rings is 1. The van der Waals surface area contributed by atoms with Gasteiger partial charge in [0.05, 0.1) is 0 Å². The van der Waals surface area contributed by atoms with Crippen LogP contribution in [-0.2, 0) is 0 Å². The third-order valence-corrected chi connectivity index (χ3v) is 3.04. The third kappa shape index (κ3) is 2.54. The lowest BCUT2D eigenvalue weighted by Crippen LogP contribution is -2.29. The fourth-order valence-corrected chi connectivity index (χ4v) is 2.07. The van der Waals surface area contributed by atoms with Gasteiger partial charge in [0.25, 0.3) is 0 Å². The number of rotatable bonds is 3. The highest BCUT2D eigenvalue weighted by atomic mass is 16.5. The van der Waals surface area contributed by atoms with E-state index in [4.69, 9.17) is 4.74 Å². The molecule has 0 bridgehead atoms. The van der Waals surface area contributed by atoms with E-state index in [-0.39, 0.29) is 12.2 Å². The molecule has 0 saturated carbocycles. The average Bonchev–Trinajstić information content (AvgIpc) is 2.60. The molecule has 16 heavy (non-hydrogen) atoms. The van der Waals surface area contributed by atoms with Gasteiger partial charge in [-0.1, -0.05) is 19.1 Å². The number of aliphatic hydroxyl groups excluding tert-OH is 1. The van der Waals surface area contributed by atoms with Crippen molar-refractivity contribution in [3.05, 3.63) is 29.8 Å². The summed E-state index contributed by atoms with van der Waals surface area (Å²) >= 11 is 0. The Bertz CT molecular complexity index is 354. The van der Waals surface area contributed by atoms with Crippen molar-refractivity contribution in [3.63, 3.8) is 0 Å². The topological polar surface area (TPSA) is 32.7 Å². The Morgan fingerprint density at radius 2 is 2.25 bits per heavy atom. The van der Waals surface area contributed by atoms with Crippen molar-refractivity contribution < 1.29 is 9.84 Å². The van der Waals surface area contributed by atoms with Crippen molar-refractivity contribution in [3.8, 4) is 5.75 Å². The van der Waals surface area contributed by atoms with Crippen LogP contribution in [0.5, 0.6) is 5.75 Å². The molecular formula is C13H19NO2. The van der Waals surface area contributed by atoms with Crippen LogP contribution < -0.4 is 4.74 Å². The van der Waals surface area contributed by atoms with Gasteiger partial charge >= 0.3 is 0 Å². The molecule has 1 N–H and O–H groups in total. The van der Waals surface area contributed by atoms with Crippen molar-refractivity contribution in [1.82, 2.24) is 4.90 Å². The van der Waals surface area contributed by atoms with Crippen molar-refractivity contribution >= 4 is 0 Å². The molecule has 1 aliphatic heterocycles. The summed E-state index contributed by atoms with van der Waals surface area (Å²) in [6.45, 7) is 6.63. The zero-order chi connectivity index (χ0) is 11.5. The summed E-state index contributed by atoms with van der Waals surface area (Å²) in [6, 6.07) is 7.95. The van der Waals surface area contributed by atoms with Crippen LogP contribution in [0, 0.1) is 6.92 Å². The van der Waals surface area contributed by atoms with Crippen molar-refractivity contribution in [2.24, 2.45) is 0 Å². The summed E-state index contributed by atoms with van der Waals surface area (Å²) < 4.78 is 5.81. The van der Waals surface area contributed by atoms with Crippen LogP contribution in [0.1, 0.15) is 12.5 Å². The van der Waals surface area contributed by atoms with Gasteiger partial charge in [-0.2, -0.15) is 0 Å². The molecule has 1 aliphatic rings. The lowest BCUT2D eigenvalue weighted by atomic mass is 10.2. The van der Waals surface area contributed by atoms with E-state index in [1.165, 1.54) is 5.56 Å². The molecular weight excluding hydrogens is 202 g/mol. The summed E-state index contributed by atoms with van der Waals surface area (Å²) in [5.41, 5.74) is 1.18. The highest BCUT2D eigenvalue weighted by molar-refractivity contribution is 5.27.